The first-order chi connectivity index (χ1) is 8.22. The van der Waals surface area contributed by atoms with Crippen LogP contribution in [0.4, 0.5) is 0 Å². The Morgan fingerprint density at radius 3 is 2.94 bits per heavy atom. The number of hydrogen-bond acceptors (Lipinski definition) is 3. The Labute approximate surface area is 104 Å². The van der Waals surface area contributed by atoms with Gasteiger partial charge in [-0.3, -0.25) is 4.90 Å². The van der Waals surface area contributed by atoms with Crippen molar-refractivity contribution in [2.75, 3.05) is 33.7 Å². The Morgan fingerprint density at radius 2 is 2.29 bits per heavy atom. The fourth-order valence-corrected chi connectivity index (χ4v) is 2.64. The van der Waals surface area contributed by atoms with E-state index in [1.165, 1.54) is 11.1 Å². The summed E-state index contributed by atoms with van der Waals surface area (Å²) >= 11 is 0. The van der Waals surface area contributed by atoms with Gasteiger partial charge in [-0.25, -0.2) is 0 Å². The SMILES string of the molecule is CNC(c1cccc(C)c1)C1CNCCN1C. The highest BCUT2D eigenvalue weighted by Gasteiger charge is 2.27. The zero-order chi connectivity index (χ0) is 12.3. The maximum absolute atomic E-state index is 3.48. The van der Waals surface area contributed by atoms with Crippen LogP contribution in [0.3, 0.4) is 0 Å². The van der Waals surface area contributed by atoms with E-state index in [1.807, 2.05) is 0 Å². The first-order valence-electron chi connectivity index (χ1n) is 6.37. The molecule has 2 N–H and O–H groups in total. The third kappa shape index (κ3) is 2.86. The Kier molecular flexibility index (Phi) is 4.15. The zero-order valence-corrected chi connectivity index (χ0v) is 11.0. The Hall–Kier alpha value is -0.900. The summed E-state index contributed by atoms with van der Waals surface area (Å²) in [5.74, 6) is 0. The second kappa shape index (κ2) is 5.63. The van der Waals surface area contributed by atoms with Crippen LogP contribution in [0.1, 0.15) is 17.2 Å². The summed E-state index contributed by atoms with van der Waals surface area (Å²) in [6, 6.07) is 9.72. The van der Waals surface area contributed by atoms with Crippen LogP contribution in [0.15, 0.2) is 24.3 Å². The Morgan fingerprint density at radius 1 is 1.47 bits per heavy atom. The minimum atomic E-state index is 0.396. The molecular weight excluding hydrogens is 210 g/mol. The molecule has 0 radical (unpaired) electrons. The van der Waals surface area contributed by atoms with Crippen molar-refractivity contribution in [3.8, 4) is 0 Å². The van der Waals surface area contributed by atoms with Crippen LogP contribution >= 0.6 is 0 Å². The van der Waals surface area contributed by atoms with E-state index in [9.17, 15) is 0 Å². The molecular formula is C14H23N3. The number of nitrogens with one attached hydrogen (secondary N) is 2. The fraction of sp³-hybridized carbons (Fsp3) is 0.571. The molecule has 0 aliphatic carbocycles. The summed E-state index contributed by atoms with van der Waals surface area (Å²) in [5, 5.41) is 6.95. The van der Waals surface area contributed by atoms with Gasteiger partial charge < -0.3 is 10.6 Å². The van der Waals surface area contributed by atoms with Gasteiger partial charge in [0, 0.05) is 31.7 Å². The molecule has 2 rings (SSSR count). The summed E-state index contributed by atoms with van der Waals surface area (Å²) in [5.41, 5.74) is 2.71. The van der Waals surface area contributed by atoms with Gasteiger partial charge >= 0.3 is 0 Å². The molecule has 1 aliphatic heterocycles. The largest absolute Gasteiger partial charge is 0.314 e. The van der Waals surface area contributed by atoms with E-state index in [-0.39, 0.29) is 0 Å². The van der Waals surface area contributed by atoms with E-state index >= 15 is 0 Å². The molecule has 1 aromatic rings. The third-order valence-electron chi connectivity index (χ3n) is 3.66. The lowest BCUT2D eigenvalue weighted by Crippen LogP contribution is -2.54. The summed E-state index contributed by atoms with van der Waals surface area (Å²) < 4.78 is 0. The van der Waals surface area contributed by atoms with Gasteiger partial charge in [0.1, 0.15) is 0 Å². The van der Waals surface area contributed by atoms with Crippen molar-refractivity contribution < 1.29 is 0 Å². The van der Waals surface area contributed by atoms with Gasteiger partial charge in [-0.2, -0.15) is 0 Å². The molecule has 0 aromatic heterocycles. The molecule has 2 atom stereocenters. The van der Waals surface area contributed by atoms with Crippen molar-refractivity contribution in [2.24, 2.45) is 0 Å². The number of rotatable bonds is 3. The lowest BCUT2D eigenvalue weighted by Gasteiger charge is -2.38. The Balaban J connectivity index is 2.20. The summed E-state index contributed by atoms with van der Waals surface area (Å²) in [4.78, 5) is 2.44. The maximum Gasteiger partial charge on any atom is 0.0488 e. The highest BCUT2D eigenvalue weighted by Crippen LogP contribution is 2.21. The van der Waals surface area contributed by atoms with E-state index in [2.05, 4.69) is 60.8 Å². The lowest BCUT2D eigenvalue weighted by molar-refractivity contribution is 0.162. The van der Waals surface area contributed by atoms with Crippen LogP contribution < -0.4 is 10.6 Å². The molecule has 17 heavy (non-hydrogen) atoms. The van der Waals surface area contributed by atoms with Crippen LogP contribution in [-0.2, 0) is 0 Å². The van der Waals surface area contributed by atoms with Gasteiger partial charge in [0.25, 0.3) is 0 Å². The molecule has 2 unspecified atom stereocenters. The molecule has 0 spiro atoms. The Bertz CT molecular complexity index is 364. The van der Waals surface area contributed by atoms with Gasteiger partial charge in [-0.15, -0.1) is 0 Å². The molecule has 94 valence electrons. The molecule has 1 aromatic carbocycles. The standard InChI is InChI=1S/C14H23N3/c1-11-5-4-6-12(9-11)14(15-2)13-10-16-7-8-17(13)3/h4-6,9,13-16H,7-8,10H2,1-3H3. The van der Waals surface area contributed by atoms with Gasteiger partial charge in [0.2, 0.25) is 0 Å². The van der Waals surface area contributed by atoms with Gasteiger partial charge in [0.15, 0.2) is 0 Å². The molecule has 1 heterocycles. The van der Waals surface area contributed by atoms with Crippen molar-refractivity contribution in [3.63, 3.8) is 0 Å². The number of likely N-dealkylation sites (N-methyl/N-ethyl adjacent to an activating group) is 2. The topological polar surface area (TPSA) is 27.3 Å². The molecule has 1 fully saturated rings. The van der Waals surface area contributed by atoms with Gasteiger partial charge in [-0.1, -0.05) is 29.8 Å². The van der Waals surface area contributed by atoms with E-state index < -0.39 is 0 Å². The third-order valence-corrected chi connectivity index (χ3v) is 3.66. The first kappa shape index (κ1) is 12.6. The van der Waals surface area contributed by atoms with E-state index in [4.69, 9.17) is 0 Å². The highest BCUT2D eigenvalue weighted by molar-refractivity contribution is 5.26. The van der Waals surface area contributed by atoms with Crippen molar-refractivity contribution >= 4 is 0 Å². The predicted octanol–water partition coefficient (Wildman–Crippen LogP) is 1.16. The van der Waals surface area contributed by atoms with Crippen molar-refractivity contribution in [2.45, 2.75) is 19.0 Å². The van der Waals surface area contributed by atoms with Crippen LogP contribution in [0, 0.1) is 6.92 Å². The van der Waals surface area contributed by atoms with Crippen LogP contribution in [0.25, 0.3) is 0 Å². The molecule has 0 saturated carbocycles. The number of nitrogens with zero attached hydrogens (tertiary/aromatic N) is 1. The molecule has 1 aliphatic rings. The molecule has 3 nitrogen and oxygen atoms in total. The van der Waals surface area contributed by atoms with Crippen molar-refractivity contribution in [1.29, 1.82) is 0 Å². The number of aryl methyl sites for hydroxylation is 1. The number of piperazine rings is 1. The van der Waals surface area contributed by atoms with Gasteiger partial charge in [-0.05, 0) is 26.6 Å². The molecule has 1 saturated heterocycles. The average molecular weight is 233 g/mol. The van der Waals surface area contributed by atoms with Gasteiger partial charge in [0.05, 0.1) is 0 Å². The van der Waals surface area contributed by atoms with Crippen LogP contribution in [-0.4, -0.2) is 44.7 Å². The number of benzene rings is 1. The zero-order valence-electron chi connectivity index (χ0n) is 11.0. The summed E-state index contributed by atoms with van der Waals surface area (Å²) in [6.07, 6.45) is 0. The van der Waals surface area contributed by atoms with Crippen molar-refractivity contribution in [3.05, 3.63) is 35.4 Å². The van der Waals surface area contributed by atoms with E-state index in [0.29, 0.717) is 12.1 Å². The minimum absolute atomic E-state index is 0.396. The smallest absolute Gasteiger partial charge is 0.0488 e. The predicted molar refractivity (Wildman–Crippen MR) is 72.3 cm³/mol. The lowest BCUT2D eigenvalue weighted by atomic mass is 9.96. The van der Waals surface area contributed by atoms with E-state index in [0.717, 1.165) is 19.6 Å². The number of hydrogen-bond donors (Lipinski definition) is 2. The molecule has 0 bridgehead atoms. The average Bonchev–Trinajstić information content (AvgIpc) is 2.33. The molecule has 0 amide bonds. The second-order valence-electron chi connectivity index (χ2n) is 4.93. The fourth-order valence-electron chi connectivity index (χ4n) is 2.64. The minimum Gasteiger partial charge on any atom is -0.314 e. The summed E-state index contributed by atoms with van der Waals surface area (Å²) in [7, 11) is 4.26. The quantitative estimate of drug-likeness (QED) is 0.820. The van der Waals surface area contributed by atoms with Crippen LogP contribution in [0.2, 0.25) is 0 Å². The maximum atomic E-state index is 3.48. The van der Waals surface area contributed by atoms with Crippen LogP contribution in [0.5, 0.6) is 0 Å². The van der Waals surface area contributed by atoms with E-state index in [1.54, 1.807) is 0 Å². The normalized spacial score (nSPS) is 23.6. The first-order valence-corrected chi connectivity index (χ1v) is 6.37. The van der Waals surface area contributed by atoms with Crippen molar-refractivity contribution in [1.82, 2.24) is 15.5 Å². The highest BCUT2D eigenvalue weighted by atomic mass is 15.2. The monoisotopic (exact) mass is 233 g/mol. The molecule has 3 heteroatoms. The summed E-state index contributed by atoms with van der Waals surface area (Å²) in [6.45, 7) is 5.42. The second-order valence-corrected chi connectivity index (χ2v) is 4.93.